The van der Waals surface area contributed by atoms with Crippen molar-refractivity contribution in [3.05, 3.63) is 122 Å². The highest BCUT2D eigenvalue weighted by Crippen LogP contribution is 2.13. The van der Waals surface area contributed by atoms with E-state index in [4.69, 9.17) is 14.2 Å². The first-order chi connectivity index (χ1) is 34.0. The normalized spacial score (nSPS) is 13.0. The number of hydrogen-bond donors (Lipinski definition) is 0. The molecule has 0 fully saturated rings. The minimum atomic E-state index is -0.831. The highest BCUT2D eigenvalue weighted by atomic mass is 16.6. The molecule has 0 saturated heterocycles. The zero-order chi connectivity index (χ0) is 50.0. The molecule has 1 atom stereocenters. The summed E-state index contributed by atoms with van der Waals surface area (Å²) in [7, 11) is 0. The molecule has 0 aromatic carbocycles. The molecule has 0 heterocycles. The lowest BCUT2D eigenvalue weighted by atomic mass is 10.1. The molecule has 0 bridgehead atoms. The lowest BCUT2D eigenvalue weighted by Crippen LogP contribution is -2.30. The third-order valence-electron chi connectivity index (χ3n) is 11.4. The van der Waals surface area contributed by atoms with Gasteiger partial charge in [-0.25, -0.2) is 0 Å². The van der Waals surface area contributed by atoms with Gasteiger partial charge in [0, 0.05) is 19.3 Å². The van der Waals surface area contributed by atoms with Gasteiger partial charge in [-0.05, 0) is 116 Å². The van der Waals surface area contributed by atoms with Crippen LogP contribution < -0.4 is 0 Å². The summed E-state index contributed by atoms with van der Waals surface area (Å²) in [6, 6.07) is 0. The second kappa shape index (κ2) is 56.4. The largest absolute Gasteiger partial charge is 0.462 e. The Bertz CT molecular complexity index is 1470. The molecule has 0 rings (SSSR count). The van der Waals surface area contributed by atoms with Crippen molar-refractivity contribution >= 4 is 17.9 Å². The Kier molecular flexibility index (Phi) is 53.0. The average molecular weight is 956 g/mol. The summed E-state index contributed by atoms with van der Waals surface area (Å²) in [5.74, 6) is -1.03. The molecule has 390 valence electrons. The third kappa shape index (κ3) is 54.6. The van der Waals surface area contributed by atoms with E-state index in [1.807, 2.05) is 12.2 Å². The Labute approximate surface area is 424 Å². The monoisotopic (exact) mass is 955 g/mol. The van der Waals surface area contributed by atoms with E-state index in [2.05, 4.69) is 130 Å². The molecule has 0 unspecified atom stereocenters. The molecule has 0 amide bonds. The first kappa shape index (κ1) is 64.8. The minimum Gasteiger partial charge on any atom is -0.462 e. The van der Waals surface area contributed by atoms with Gasteiger partial charge in [0.2, 0.25) is 0 Å². The molecule has 6 nitrogen and oxygen atoms in total. The van der Waals surface area contributed by atoms with E-state index < -0.39 is 12.1 Å². The van der Waals surface area contributed by atoms with Gasteiger partial charge in [0.1, 0.15) is 13.2 Å². The summed E-state index contributed by atoms with van der Waals surface area (Å²) in [6.07, 6.45) is 77.7. The van der Waals surface area contributed by atoms with Gasteiger partial charge < -0.3 is 14.2 Å². The summed E-state index contributed by atoms with van der Waals surface area (Å²) in [6.45, 7) is 6.32. The molecule has 69 heavy (non-hydrogen) atoms. The van der Waals surface area contributed by atoms with Crippen molar-refractivity contribution in [1.29, 1.82) is 0 Å². The number of esters is 3. The summed E-state index contributed by atoms with van der Waals surface area (Å²) in [5, 5.41) is 0. The molecule has 0 aliphatic carbocycles. The molecule has 0 N–H and O–H groups in total. The van der Waals surface area contributed by atoms with Crippen LogP contribution >= 0.6 is 0 Å². The number of unbranched alkanes of at least 4 members (excludes halogenated alkanes) is 18. The van der Waals surface area contributed by atoms with Crippen LogP contribution in [0.5, 0.6) is 0 Å². The van der Waals surface area contributed by atoms with Crippen LogP contribution in [0.2, 0.25) is 0 Å². The van der Waals surface area contributed by atoms with E-state index in [1.165, 1.54) is 77.0 Å². The van der Waals surface area contributed by atoms with Crippen LogP contribution in [-0.4, -0.2) is 37.2 Å². The van der Waals surface area contributed by atoms with Crippen LogP contribution in [0, 0.1) is 0 Å². The van der Waals surface area contributed by atoms with Crippen molar-refractivity contribution < 1.29 is 28.6 Å². The number of ether oxygens (including phenoxy) is 3. The predicted molar refractivity (Wildman–Crippen MR) is 297 cm³/mol. The van der Waals surface area contributed by atoms with E-state index in [0.717, 1.165) is 116 Å². The van der Waals surface area contributed by atoms with Gasteiger partial charge in [0.15, 0.2) is 6.10 Å². The molecular formula is C63H102O6. The summed E-state index contributed by atoms with van der Waals surface area (Å²) < 4.78 is 16.8. The van der Waals surface area contributed by atoms with Gasteiger partial charge in [0.25, 0.3) is 0 Å². The molecule has 6 heteroatoms. The van der Waals surface area contributed by atoms with Gasteiger partial charge in [-0.3, -0.25) is 14.4 Å². The van der Waals surface area contributed by atoms with Gasteiger partial charge >= 0.3 is 17.9 Å². The Morgan fingerprint density at radius 2 is 0.594 bits per heavy atom. The standard InChI is InChI=1S/C63H102O6/c1-4-7-10-13-16-19-22-25-28-30-31-33-36-39-42-45-48-51-54-57-63(66)69-60(58-67-61(64)55-52-49-46-43-40-37-34-27-24-21-18-15-12-9-6-3)59-68-62(65)56-53-50-47-44-41-38-35-32-29-26-23-20-17-14-11-8-5-2/h7,9-10,12,16,18-19,21,25-29,31,33-34,39,42,48,51,60H,4-6,8,11,13-15,17,20,22-24,30,32,35-38,40-41,43-47,49-50,52-59H2,1-3H3/b10-7-,12-9-,19-16-,21-18-,28-25-,29-26-,33-31-,34-27-,42-39-,51-48-/t60-/m1/s1. The fraction of sp³-hybridized carbons (Fsp3) is 0.635. The highest BCUT2D eigenvalue weighted by Gasteiger charge is 2.19. The van der Waals surface area contributed by atoms with Gasteiger partial charge in [0.05, 0.1) is 0 Å². The molecule has 0 spiro atoms. The lowest BCUT2D eigenvalue weighted by molar-refractivity contribution is -0.166. The van der Waals surface area contributed by atoms with E-state index in [0.29, 0.717) is 19.3 Å². The first-order valence-corrected chi connectivity index (χ1v) is 28.0. The van der Waals surface area contributed by atoms with Crippen molar-refractivity contribution in [2.45, 2.75) is 245 Å². The molecule has 0 radical (unpaired) electrons. The summed E-state index contributed by atoms with van der Waals surface area (Å²) in [4.78, 5) is 38.1. The molecule has 0 aliphatic heterocycles. The third-order valence-corrected chi connectivity index (χ3v) is 11.4. The van der Waals surface area contributed by atoms with Crippen LogP contribution in [0.1, 0.15) is 239 Å². The minimum absolute atomic E-state index is 0.119. The summed E-state index contributed by atoms with van der Waals surface area (Å²) >= 11 is 0. The number of carbonyl (C=O) groups is 3. The smallest absolute Gasteiger partial charge is 0.306 e. The molecule has 0 aromatic heterocycles. The molecule has 0 saturated carbocycles. The van der Waals surface area contributed by atoms with E-state index >= 15 is 0 Å². The summed E-state index contributed by atoms with van der Waals surface area (Å²) in [5.41, 5.74) is 0. The molecule has 0 aromatic rings. The highest BCUT2D eigenvalue weighted by molar-refractivity contribution is 5.71. The second-order valence-corrected chi connectivity index (χ2v) is 18.1. The molecular weight excluding hydrogens is 853 g/mol. The maximum Gasteiger partial charge on any atom is 0.306 e. The lowest BCUT2D eigenvalue weighted by Gasteiger charge is -2.18. The number of rotatable bonds is 49. The fourth-order valence-corrected chi connectivity index (χ4v) is 7.30. The molecule has 0 aliphatic rings. The van der Waals surface area contributed by atoms with Crippen molar-refractivity contribution in [3.8, 4) is 0 Å². The van der Waals surface area contributed by atoms with Gasteiger partial charge in [-0.1, -0.05) is 226 Å². The zero-order valence-corrected chi connectivity index (χ0v) is 44.5. The van der Waals surface area contributed by atoms with Crippen LogP contribution in [0.3, 0.4) is 0 Å². The van der Waals surface area contributed by atoms with Crippen LogP contribution in [0.15, 0.2) is 122 Å². The van der Waals surface area contributed by atoms with E-state index in [9.17, 15) is 14.4 Å². The Morgan fingerprint density at radius 1 is 0.304 bits per heavy atom. The van der Waals surface area contributed by atoms with E-state index in [-0.39, 0.29) is 31.6 Å². The Hall–Kier alpha value is -4.19. The quantitative estimate of drug-likeness (QED) is 0.0262. The average Bonchev–Trinajstić information content (AvgIpc) is 3.35. The van der Waals surface area contributed by atoms with Crippen molar-refractivity contribution in [2.24, 2.45) is 0 Å². The first-order valence-electron chi connectivity index (χ1n) is 28.0. The van der Waals surface area contributed by atoms with Gasteiger partial charge in [-0.2, -0.15) is 0 Å². The number of allylic oxidation sites excluding steroid dienone is 20. The van der Waals surface area contributed by atoms with E-state index in [1.54, 1.807) is 0 Å². The SMILES string of the molecule is CC/C=C\C/C=C\C/C=C\C/C=C\C/C=C\C/C=C\CCC(=O)O[C@H](COC(=O)CCCCCCC/C=C\C/C=C\C/C=C\CC)COC(=O)CCCCCCCCC/C=C\CCCCCCCC. The number of carbonyl (C=O) groups excluding carboxylic acids is 3. The fourth-order valence-electron chi connectivity index (χ4n) is 7.30. The Morgan fingerprint density at radius 3 is 0.957 bits per heavy atom. The van der Waals surface area contributed by atoms with Crippen LogP contribution in [0.4, 0.5) is 0 Å². The Balaban J connectivity index is 4.55. The maximum absolute atomic E-state index is 12.8. The van der Waals surface area contributed by atoms with Crippen molar-refractivity contribution in [2.75, 3.05) is 13.2 Å². The topological polar surface area (TPSA) is 78.9 Å². The van der Waals surface area contributed by atoms with Crippen LogP contribution in [0.25, 0.3) is 0 Å². The van der Waals surface area contributed by atoms with Crippen molar-refractivity contribution in [3.63, 3.8) is 0 Å². The van der Waals surface area contributed by atoms with Crippen LogP contribution in [-0.2, 0) is 28.6 Å². The predicted octanol–water partition coefficient (Wildman–Crippen LogP) is 18.9. The van der Waals surface area contributed by atoms with Gasteiger partial charge in [-0.15, -0.1) is 0 Å². The maximum atomic E-state index is 12.8. The van der Waals surface area contributed by atoms with Crippen molar-refractivity contribution in [1.82, 2.24) is 0 Å². The number of hydrogen-bond acceptors (Lipinski definition) is 6. The zero-order valence-electron chi connectivity index (χ0n) is 44.5. The second-order valence-electron chi connectivity index (χ2n) is 18.1.